The predicted octanol–water partition coefficient (Wildman–Crippen LogP) is -0.658. The number of rotatable bonds is 7. The zero-order valence-corrected chi connectivity index (χ0v) is 12.0. The molecule has 3 N–H and O–H groups in total. The predicted molar refractivity (Wildman–Crippen MR) is 69.3 cm³/mol. The molecule has 0 atom stereocenters. The summed E-state index contributed by atoms with van der Waals surface area (Å²) in [5.41, 5.74) is 0.954. The minimum absolute atomic E-state index is 0.175. The van der Waals surface area contributed by atoms with Gasteiger partial charge in [0, 0.05) is 19.5 Å². The molecule has 2 aromatic heterocycles. The molecule has 0 aromatic carbocycles. The van der Waals surface area contributed by atoms with Crippen molar-refractivity contribution in [2.45, 2.75) is 24.8 Å². The van der Waals surface area contributed by atoms with Crippen LogP contribution in [-0.4, -0.2) is 42.3 Å². The number of hydrogen-bond donors (Lipinski definition) is 3. The molecule has 20 heavy (non-hydrogen) atoms. The van der Waals surface area contributed by atoms with Crippen molar-refractivity contribution in [1.29, 1.82) is 0 Å². The second-order valence-corrected chi connectivity index (χ2v) is 5.84. The van der Waals surface area contributed by atoms with Crippen molar-refractivity contribution in [2.24, 2.45) is 0 Å². The molecule has 0 aliphatic heterocycles. The van der Waals surface area contributed by atoms with Crippen LogP contribution in [0.1, 0.15) is 17.3 Å². The average molecular weight is 300 g/mol. The van der Waals surface area contributed by atoms with Crippen molar-refractivity contribution in [3.63, 3.8) is 0 Å². The summed E-state index contributed by atoms with van der Waals surface area (Å²) in [7, 11) is -1.90. The van der Waals surface area contributed by atoms with E-state index in [4.69, 9.17) is 4.52 Å². The van der Waals surface area contributed by atoms with Gasteiger partial charge in [0.2, 0.25) is 15.9 Å². The summed E-state index contributed by atoms with van der Waals surface area (Å²) in [6.45, 7) is 2.21. The zero-order chi connectivity index (χ0) is 14.6. The summed E-state index contributed by atoms with van der Waals surface area (Å²) in [5, 5.41) is 13.0. The number of nitrogens with one attached hydrogen (secondary N) is 3. The van der Waals surface area contributed by atoms with Gasteiger partial charge >= 0.3 is 0 Å². The number of H-pyrrole nitrogens is 1. The van der Waals surface area contributed by atoms with Gasteiger partial charge in [0.1, 0.15) is 4.90 Å². The minimum Gasteiger partial charge on any atom is -0.340 e. The number of aryl methyl sites for hydroxylation is 1. The van der Waals surface area contributed by atoms with Crippen LogP contribution in [0.4, 0.5) is 0 Å². The fourth-order valence-electron chi connectivity index (χ4n) is 1.78. The van der Waals surface area contributed by atoms with Crippen molar-refractivity contribution in [3.05, 3.63) is 23.6 Å². The summed E-state index contributed by atoms with van der Waals surface area (Å²) in [4.78, 5) is 4.00. The van der Waals surface area contributed by atoms with E-state index in [1.54, 1.807) is 14.0 Å². The van der Waals surface area contributed by atoms with Crippen LogP contribution in [0.15, 0.2) is 15.7 Å². The van der Waals surface area contributed by atoms with Gasteiger partial charge < -0.3 is 9.84 Å². The van der Waals surface area contributed by atoms with Crippen molar-refractivity contribution < 1.29 is 12.9 Å². The Morgan fingerprint density at radius 2 is 2.25 bits per heavy atom. The highest BCUT2D eigenvalue weighted by molar-refractivity contribution is 7.89. The van der Waals surface area contributed by atoms with Gasteiger partial charge in [-0.15, -0.1) is 0 Å². The maximum absolute atomic E-state index is 12.3. The molecule has 0 radical (unpaired) electrons. The molecule has 0 spiro atoms. The van der Waals surface area contributed by atoms with Gasteiger partial charge in [-0.25, -0.2) is 13.1 Å². The quantitative estimate of drug-likeness (QED) is 0.619. The van der Waals surface area contributed by atoms with Gasteiger partial charge in [-0.2, -0.15) is 10.1 Å². The summed E-state index contributed by atoms with van der Waals surface area (Å²) < 4.78 is 31.8. The third-order valence-corrected chi connectivity index (χ3v) is 4.28. The number of nitrogens with zero attached hydrogens (tertiary/aromatic N) is 3. The molecule has 0 saturated heterocycles. The van der Waals surface area contributed by atoms with E-state index < -0.39 is 10.0 Å². The maximum atomic E-state index is 12.3. The Morgan fingerprint density at radius 3 is 2.90 bits per heavy atom. The third-order valence-electron chi connectivity index (χ3n) is 2.61. The topological polar surface area (TPSA) is 126 Å². The first-order valence-corrected chi connectivity index (χ1v) is 7.46. The van der Waals surface area contributed by atoms with Gasteiger partial charge in [0.05, 0.1) is 11.4 Å². The lowest BCUT2D eigenvalue weighted by molar-refractivity contribution is 0.377. The van der Waals surface area contributed by atoms with Crippen LogP contribution in [0.5, 0.6) is 0 Å². The number of sulfonamides is 1. The van der Waals surface area contributed by atoms with Crippen LogP contribution in [-0.2, 0) is 23.0 Å². The smallest absolute Gasteiger partial charge is 0.244 e. The van der Waals surface area contributed by atoms with E-state index in [1.807, 2.05) is 0 Å². The van der Waals surface area contributed by atoms with Crippen LogP contribution in [0.2, 0.25) is 0 Å². The van der Waals surface area contributed by atoms with Gasteiger partial charge in [-0.05, 0) is 14.0 Å². The molecule has 0 fully saturated rings. The SMILES string of the molecule is CNCc1n[nH]c(C)c1S(=O)(=O)NCCc1ncno1. The number of aromatic amines is 1. The highest BCUT2D eigenvalue weighted by Crippen LogP contribution is 2.17. The van der Waals surface area contributed by atoms with Crippen molar-refractivity contribution in [2.75, 3.05) is 13.6 Å². The molecule has 0 aliphatic carbocycles. The fourth-order valence-corrected chi connectivity index (χ4v) is 3.18. The highest BCUT2D eigenvalue weighted by atomic mass is 32.2. The molecule has 2 rings (SSSR count). The average Bonchev–Trinajstić information content (AvgIpc) is 3.00. The summed E-state index contributed by atoms with van der Waals surface area (Å²) in [5.74, 6) is 0.382. The van der Waals surface area contributed by atoms with E-state index in [1.165, 1.54) is 6.33 Å². The Morgan fingerprint density at radius 1 is 1.45 bits per heavy atom. The molecular weight excluding hydrogens is 284 g/mol. The van der Waals surface area contributed by atoms with Crippen molar-refractivity contribution in [1.82, 2.24) is 30.4 Å². The second-order valence-electron chi connectivity index (χ2n) is 4.14. The minimum atomic E-state index is -3.63. The monoisotopic (exact) mass is 300 g/mol. The Bertz CT molecular complexity index is 649. The van der Waals surface area contributed by atoms with Gasteiger partial charge in [0.25, 0.3) is 0 Å². The Balaban J connectivity index is 2.08. The van der Waals surface area contributed by atoms with E-state index in [2.05, 4.69) is 30.4 Å². The van der Waals surface area contributed by atoms with Crippen molar-refractivity contribution >= 4 is 10.0 Å². The van der Waals surface area contributed by atoms with E-state index in [0.717, 1.165) is 0 Å². The van der Waals surface area contributed by atoms with Crippen LogP contribution < -0.4 is 10.0 Å². The largest absolute Gasteiger partial charge is 0.340 e. The first kappa shape index (κ1) is 14.6. The fraction of sp³-hybridized carbons (Fsp3) is 0.500. The molecule has 0 unspecified atom stereocenters. The Labute approximate surface area is 116 Å². The molecule has 0 aliphatic rings. The Kier molecular flexibility index (Phi) is 4.47. The maximum Gasteiger partial charge on any atom is 0.244 e. The number of aromatic nitrogens is 4. The van der Waals surface area contributed by atoms with Crippen LogP contribution in [0, 0.1) is 6.92 Å². The lowest BCUT2D eigenvalue weighted by Crippen LogP contribution is -2.27. The van der Waals surface area contributed by atoms with Gasteiger partial charge in [-0.1, -0.05) is 5.16 Å². The molecule has 0 amide bonds. The van der Waals surface area contributed by atoms with Crippen molar-refractivity contribution in [3.8, 4) is 0 Å². The Hall–Kier alpha value is -1.78. The van der Waals surface area contributed by atoms with Crippen LogP contribution >= 0.6 is 0 Å². The molecular formula is C10H16N6O3S. The summed E-state index contributed by atoms with van der Waals surface area (Å²) in [6, 6.07) is 0. The molecule has 0 saturated carbocycles. The first-order valence-electron chi connectivity index (χ1n) is 5.98. The zero-order valence-electron chi connectivity index (χ0n) is 11.2. The standard InChI is InChI=1S/C10H16N6O3S/c1-7-10(8(5-11-2)16-15-7)20(17,18)14-4-3-9-12-6-13-19-9/h6,11,14H,3-5H2,1-2H3,(H,15,16). The highest BCUT2D eigenvalue weighted by Gasteiger charge is 2.23. The van der Waals surface area contributed by atoms with Gasteiger partial charge in [-0.3, -0.25) is 5.10 Å². The second kappa shape index (κ2) is 6.11. The van der Waals surface area contributed by atoms with E-state index in [0.29, 0.717) is 30.2 Å². The molecule has 10 heteroatoms. The summed E-state index contributed by atoms with van der Waals surface area (Å²) in [6.07, 6.45) is 1.60. The van der Waals surface area contributed by atoms with Gasteiger partial charge in [0.15, 0.2) is 6.33 Å². The lowest BCUT2D eigenvalue weighted by Gasteiger charge is -2.06. The molecule has 9 nitrogen and oxygen atoms in total. The molecule has 2 aromatic rings. The summed E-state index contributed by atoms with van der Waals surface area (Å²) >= 11 is 0. The lowest BCUT2D eigenvalue weighted by atomic mass is 10.4. The molecule has 2 heterocycles. The normalized spacial score (nSPS) is 11.9. The van der Waals surface area contributed by atoms with Crippen LogP contribution in [0.25, 0.3) is 0 Å². The first-order chi connectivity index (χ1) is 9.54. The molecule has 110 valence electrons. The van der Waals surface area contributed by atoms with E-state index >= 15 is 0 Å². The van der Waals surface area contributed by atoms with E-state index in [-0.39, 0.29) is 11.4 Å². The van der Waals surface area contributed by atoms with Crippen LogP contribution in [0.3, 0.4) is 0 Å². The third kappa shape index (κ3) is 3.21. The number of hydrogen-bond acceptors (Lipinski definition) is 7. The van der Waals surface area contributed by atoms with E-state index in [9.17, 15) is 8.42 Å². The molecule has 0 bridgehead atoms.